The van der Waals surface area contributed by atoms with Crippen LogP contribution in [0, 0.1) is 0 Å². The summed E-state index contributed by atoms with van der Waals surface area (Å²) in [4.78, 5) is 38.5. The predicted octanol–water partition coefficient (Wildman–Crippen LogP) is -4.22. The number of hydrogen-bond donors (Lipinski definition) is 5. The number of ether oxygens (including phenoxy) is 1. The number of aliphatic hydroxyl groups excluding tert-OH is 4. The third kappa shape index (κ3) is 6.37. The van der Waals surface area contributed by atoms with Crippen molar-refractivity contribution in [3.8, 4) is 0 Å². The van der Waals surface area contributed by atoms with Crippen molar-refractivity contribution in [1.82, 2.24) is 9.55 Å². The molecule has 0 radical (unpaired) electrons. The molecule has 2 heterocycles. The van der Waals surface area contributed by atoms with Gasteiger partial charge in [0.25, 0.3) is 15.6 Å². The summed E-state index contributed by atoms with van der Waals surface area (Å²) < 4.78 is 41.5. The van der Waals surface area contributed by atoms with E-state index < -0.39 is 71.8 Å². The Morgan fingerprint density at radius 3 is 2.43 bits per heavy atom. The lowest BCUT2D eigenvalue weighted by atomic mass is 10.1. The summed E-state index contributed by atoms with van der Waals surface area (Å²) in [6, 6.07) is 1.21. The lowest BCUT2D eigenvalue weighted by Crippen LogP contribution is -2.36. The summed E-state index contributed by atoms with van der Waals surface area (Å²) in [5.41, 5.74) is 4.43. The SMILES string of the molecule is Nc1ccn([C@@H]2O[C@H](COP(=O)([O-])OP(=O)([O-])OC(CO)CO)[C@@H](O)[C@H]2O)c(=O)n1. The van der Waals surface area contributed by atoms with Gasteiger partial charge in [0.1, 0.15) is 30.2 Å². The molecular weight excluding hydrogens is 456 g/mol. The lowest BCUT2D eigenvalue weighted by Gasteiger charge is -2.32. The molecule has 1 fully saturated rings. The highest BCUT2D eigenvalue weighted by atomic mass is 31.3. The normalized spacial score (nSPS) is 28.4. The van der Waals surface area contributed by atoms with Crippen LogP contribution in [0.1, 0.15) is 6.23 Å². The van der Waals surface area contributed by atoms with Gasteiger partial charge in [0, 0.05) is 6.20 Å². The third-order valence-corrected chi connectivity index (χ3v) is 6.37. The number of phosphoric acid groups is 2. The molecule has 0 aromatic carbocycles. The number of phosphoric ester groups is 2. The van der Waals surface area contributed by atoms with Crippen LogP contribution in [0.5, 0.6) is 0 Å². The van der Waals surface area contributed by atoms with E-state index in [1.807, 2.05) is 0 Å². The Morgan fingerprint density at radius 2 is 1.87 bits per heavy atom. The highest BCUT2D eigenvalue weighted by Crippen LogP contribution is 2.56. The van der Waals surface area contributed by atoms with Crippen LogP contribution >= 0.6 is 15.6 Å². The zero-order valence-corrected chi connectivity index (χ0v) is 16.8. The molecule has 0 spiro atoms. The molecular formula is C12H19N3O13P2-2. The molecule has 0 amide bonds. The number of aliphatic hydroxyl groups is 4. The molecule has 18 heteroatoms. The van der Waals surface area contributed by atoms with Crippen molar-refractivity contribution in [3.63, 3.8) is 0 Å². The van der Waals surface area contributed by atoms with Crippen molar-refractivity contribution >= 4 is 21.5 Å². The van der Waals surface area contributed by atoms with Crippen molar-refractivity contribution in [2.45, 2.75) is 30.6 Å². The van der Waals surface area contributed by atoms with Crippen molar-refractivity contribution in [2.24, 2.45) is 0 Å². The topological polar surface area (TPSA) is 259 Å². The summed E-state index contributed by atoms with van der Waals surface area (Å²) >= 11 is 0. The molecule has 2 rings (SSSR count). The molecule has 1 aliphatic heterocycles. The average Bonchev–Trinajstić information content (AvgIpc) is 2.92. The van der Waals surface area contributed by atoms with Crippen LogP contribution in [0.25, 0.3) is 0 Å². The lowest BCUT2D eigenvalue weighted by molar-refractivity contribution is -0.248. The second-order valence-electron chi connectivity index (χ2n) is 5.95. The Bertz CT molecular complexity index is 877. The first-order valence-electron chi connectivity index (χ1n) is 8.13. The highest BCUT2D eigenvalue weighted by molar-refractivity contribution is 7.59. The smallest absolute Gasteiger partial charge is 0.351 e. The van der Waals surface area contributed by atoms with E-state index in [9.17, 15) is 33.9 Å². The number of nitrogens with zero attached hydrogens (tertiary/aromatic N) is 2. The quantitative estimate of drug-likeness (QED) is 0.201. The first kappa shape index (κ1) is 25.0. The Kier molecular flexibility index (Phi) is 8.26. The molecule has 1 aliphatic rings. The van der Waals surface area contributed by atoms with Crippen LogP contribution < -0.4 is 21.2 Å². The molecule has 1 aromatic rings. The van der Waals surface area contributed by atoms with Gasteiger partial charge in [-0.1, -0.05) is 0 Å². The van der Waals surface area contributed by atoms with Gasteiger partial charge in [-0.2, -0.15) is 4.98 Å². The Hall–Kier alpha value is -1.26. The van der Waals surface area contributed by atoms with Gasteiger partial charge in [0.15, 0.2) is 6.23 Å². The predicted molar refractivity (Wildman–Crippen MR) is 90.1 cm³/mol. The van der Waals surface area contributed by atoms with E-state index in [1.165, 1.54) is 6.07 Å². The summed E-state index contributed by atoms with van der Waals surface area (Å²) in [6.45, 7) is -2.90. The minimum atomic E-state index is -5.58. The summed E-state index contributed by atoms with van der Waals surface area (Å²) in [7, 11) is -11.1. The molecule has 1 aromatic heterocycles. The number of nitrogens with two attached hydrogens (primary N) is 1. The molecule has 0 aliphatic carbocycles. The molecule has 172 valence electrons. The standard InChI is InChI=1S/C12H21N3O13P2/c13-8-1-2-15(12(20)14-8)11-10(19)9(18)7(26-11)5-25-29(21,22)28-30(23,24)27-6(3-16)4-17/h1-2,6-7,9-11,16-19H,3-5H2,(H,21,22)(H,23,24)(H2,13,14,20)/p-2/t7-,9-,10-,11-/m1/s1. The molecule has 0 saturated carbocycles. The van der Waals surface area contributed by atoms with E-state index in [0.29, 0.717) is 0 Å². The zero-order valence-electron chi connectivity index (χ0n) is 15.0. The molecule has 16 nitrogen and oxygen atoms in total. The van der Waals surface area contributed by atoms with Crippen LogP contribution in [0.15, 0.2) is 17.1 Å². The first-order valence-corrected chi connectivity index (χ1v) is 11.1. The summed E-state index contributed by atoms with van der Waals surface area (Å²) in [6.07, 6.45) is -6.95. The molecule has 6 N–H and O–H groups in total. The van der Waals surface area contributed by atoms with Crippen LogP contribution in [-0.4, -0.2) is 74.2 Å². The molecule has 2 unspecified atom stereocenters. The maximum atomic E-state index is 11.8. The minimum Gasteiger partial charge on any atom is -0.756 e. The van der Waals surface area contributed by atoms with Gasteiger partial charge >= 0.3 is 5.69 Å². The fourth-order valence-corrected chi connectivity index (χ4v) is 4.50. The van der Waals surface area contributed by atoms with Crippen molar-refractivity contribution in [3.05, 3.63) is 22.7 Å². The molecule has 6 atom stereocenters. The fourth-order valence-electron chi connectivity index (χ4n) is 2.35. The average molecular weight is 475 g/mol. The minimum absolute atomic E-state index is 0.109. The zero-order chi connectivity index (χ0) is 22.7. The second kappa shape index (κ2) is 9.91. The van der Waals surface area contributed by atoms with E-state index in [4.69, 9.17) is 20.7 Å². The largest absolute Gasteiger partial charge is 0.756 e. The van der Waals surface area contributed by atoms with E-state index in [1.54, 1.807) is 0 Å². The third-order valence-electron chi connectivity index (χ3n) is 3.75. The van der Waals surface area contributed by atoms with Crippen molar-refractivity contribution < 1.29 is 57.4 Å². The monoisotopic (exact) mass is 475 g/mol. The number of anilines is 1. The van der Waals surface area contributed by atoms with Crippen LogP contribution in [0.3, 0.4) is 0 Å². The van der Waals surface area contributed by atoms with Crippen molar-refractivity contribution in [2.75, 3.05) is 25.6 Å². The number of aromatic nitrogens is 2. The van der Waals surface area contributed by atoms with Crippen LogP contribution in [0.2, 0.25) is 0 Å². The van der Waals surface area contributed by atoms with Gasteiger partial charge in [-0.3, -0.25) is 13.7 Å². The van der Waals surface area contributed by atoms with E-state index in [0.717, 1.165) is 10.8 Å². The van der Waals surface area contributed by atoms with Gasteiger partial charge in [-0.05, 0) is 6.07 Å². The van der Waals surface area contributed by atoms with E-state index >= 15 is 0 Å². The van der Waals surface area contributed by atoms with Gasteiger partial charge < -0.3 is 49.7 Å². The highest BCUT2D eigenvalue weighted by Gasteiger charge is 2.44. The molecule has 1 saturated heterocycles. The molecule has 0 bridgehead atoms. The van der Waals surface area contributed by atoms with E-state index in [2.05, 4.69) is 18.3 Å². The number of hydrogen-bond acceptors (Lipinski definition) is 15. The van der Waals surface area contributed by atoms with Crippen molar-refractivity contribution in [1.29, 1.82) is 0 Å². The Labute approximate surface area is 168 Å². The van der Waals surface area contributed by atoms with Gasteiger partial charge in [-0.25, -0.2) is 9.11 Å². The maximum Gasteiger partial charge on any atom is 0.351 e. The summed E-state index contributed by atoms with van der Waals surface area (Å²) in [5.74, 6) is -0.109. The van der Waals surface area contributed by atoms with Gasteiger partial charge in [0.05, 0.1) is 19.8 Å². The van der Waals surface area contributed by atoms with E-state index in [-0.39, 0.29) is 5.82 Å². The maximum absolute atomic E-state index is 11.8. The second-order valence-corrected chi connectivity index (χ2v) is 8.86. The molecule has 30 heavy (non-hydrogen) atoms. The Morgan fingerprint density at radius 1 is 1.23 bits per heavy atom. The van der Waals surface area contributed by atoms with Crippen LogP contribution in [0.4, 0.5) is 5.82 Å². The number of nitrogen functional groups attached to an aromatic ring is 1. The fraction of sp³-hybridized carbons (Fsp3) is 0.667. The van der Waals surface area contributed by atoms with Gasteiger partial charge in [0.2, 0.25) is 0 Å². The van der Waals surface area contributed by atoms with Crippen LogP contribution in [-0.2, 0) is 27.2 Å². The number of rotatable bonds is 10. The Balaban J connectivity index is 2.01. The first-order chi connectivity index (χ1) is 13.9. The summed E-state index contributed by atoms with van der Waals surface area (Å²) in [5, 5.41) is 37.6. The van der Waals surface area contributed by atoms with Gasteiger partial charge in [-0.15, -0.1) is 0 Å².